The number of hydrogen-bond acceptors (Lipinski definition) is 3. The highest BCUT2D eigenvalue weighted by molar-refractivity contribution is 8.45. The van der Waals surface area contributed by atoms with E-state index in [0.29, 0.717) is 5.46 Å². The van der Waals surface area contributed by atoms with E-state index in [4.69, 9.17) is 10.0 Å². The lowest BCUT2D eigenvalue weighted by Crippen LogP contribution is -2.30. The Balaban J connectivity index is 2.36. The van der Waals surface area contributed by atoms with Crippen LogP contribution >= 0.6 is 8.44 Å². The molecule has 82 valence electrons. The molecular formula is C9H14BO3PS. The molecule has 1 aliphatic rings. The Hall–Kier alpha value is -0.215. The van der Waals surface area contributed by atoms with E-state index >= 15 is 0 Å². The summed E-state index contributed by atoms with van der Waals surface area (Å²) in [5, 5.41) is 18.3. The van der Waals surface area contributed by atoms with E-state index < -0.39 is 16.7 Å². The van der Waals surface area contributed by atoms with Crippen LogP contribution in [-0.2, 0) is 9.55 Å². The highest BCUT2D eigenvalue weighted by Gasteiger charge is 2.34. The molecule has 1 aromatic rings. The largest absolute Gasteiger partial charge is 0.488 e. The first-order chi connectivity index (χ1) is 7.01. The van der Waals surface area contributed by atoms with Crippen molar-refractivity contribution in [2.45, 2.75) is 23.0 Å². The lowest BCUT2D eigenvalue weighted by atomic mass is 9.80. The maximum Gasteiger partial charge on any atom is 0.488 e. The van der Waals surface area contributed by atoms with Crippen molar-refractivity contribution >= 4 is 30.6 Å². The van der Waals surface area contributed by atoms with E-state index in [2.05, 4.69) is 8.44 Å². The van der Waals surface area contributed by atoms with Crippen molar-refractivity contribution in [3.8, 4) is 0 Å². The maximum absolute atomic E-state index is 12.4. The summed E-state index contributed by atoms with van der Waals surface area (Å²) in [5.74, 6) is 0. The maximum atomic E-state index is 12.4. The monoisotopic (exact) mass is 244 g/mol. The summed E-state index contributed by atoms with van der Waals surface area (Å²) in [7, 11) is -1.41. The summed E-state index contributed by atoms with van der Waals surface area (Å²) >= 11 is 0. The fourth-order valence-electron chi connectivity index (χ4n) is 1.57. The quantitative estimate of drug-likeness (QED) is 0.388. The van der Waals surface area contributed by atoms with E-state index in [0.717, 1.165) is 17.7 Å². The van der Waals surface area contributed by atoms with Gasteiger partial charge in [-0.3, -0.25) is 4.21 Å². The molecule has 0 saturated heterocycles. The first-order valence-corrected chi connectivity index (χ1v) is 8.26. The first kappa shape index (κ1) is 11.3. The van der Waals surface area contributed by atoms with Crippen LogP contribution < -0.4 is 5.46 Å². The Morgan fingerprint density at radius 1 is 1.40 bits per heavy atom. The van der Waals surface area contributed by atoms with Crippen molar-refractivity contribution in [2.24, 2.45) is 0 Å². The molecule has 0 radical (unpaired) electrons. The standard InChI is InChI=1S/C9H14BO3PS/c11-10(12)7-2-1-3-9(6-7)15(13,14)8-4-5-8/h1-3,6,8,11-12,15H,4-5,14H2. The van der Waals surface area contributed by atoms with Crippen molar-refractivity contribution in [1.29, 1.82) is 0 Å². The summed E-state index contributed by atoms with van der Waals surface area (Å²) < 4.78 is 12.4. The molecule has 2 rings (SSSR count). The third-order valence-corrected chi connectivity index (χ3v) is 7.51. The summed E-state index contributed by atoms with van der Waals surface area (Å²) in [6, 6.07) is 6.74. The Bertz CT molecular complexity index is 420. The predicted octanol–water partition coefficient (Wildman–Crippen LogP) is -0.306. The van der Waals surface area contributed by atoms with Gasteiger partial charge in [0.25, 0.3) is 0 Å². The highest BCUT2D eigenvalue weighted by Crippen LogP contribution is 2.43. The zero-order valence-electron chi connectivity index (χ0n) is 8.21. The van der Waals surface area contributed by atoms with Crippen molar-refractivity contribution in [3.05, 3.63) is 24.3 Å². The molecule has 1 aliphatic carbocycles. The van der Waals surface area contributed by atoms with Gasteiger partial charge in [0.1, 0.15) is 0 Å². The second-order valence-electron chi connectivity index (χ2n) is 3.91. The molecule has 1 fully saturated rings. The SMILES string of the molecule is O=[SH](P)(c1cccc(B(O)O)c1)C1CC1. The van der Waals surface area contributed by atoms with E-state index in [1.807, 2.05) is 0 Å². The Kier molecular flexibility index (Phi) is 2.99. The minimum atomic E-state index is -2.38. The highest BCUT2D eigenvalue weighted by atomic mass is 32.8. The van der Waals surface area contributed by atoms with Crippen LogP contribution in [0.4, 0.5) is 0 Å². The molecule has 6 heteroatoms. The summed E-state index contributed by atoms with van der Waals surface area (Å²) in [4.78, 5) is 0.723. The van der Waals surface area contributed by atoms with E-state index in [-0.39, 0.29) is 5.25 Å². The number of benzene rings is 1. The minimum absolute atomic E-state index is 0.272. The van der Waals surface area contributed by atoms with Crippen LogP contribution in [0.25, 0.3) is 0 Å². The summed E-state index contributed by atoms with van der Waals surface area (Å²) in [6.07, 6.45) is 2.01. The van der Waals surface area contributed by atoms with E-state index in [9.17, 15) is 4.21 Å². The molecule has 0 heterocycles. The van der Waals surface area contributed by atoms with Gasteiger partial charge in [-0.05, 0) is 30.4 Å². The molecule has 1 saturated carbocycles. The zero-order valence-corrected chi connectivity index (χ0v) is 10.3. The van der Waals surface area contributed by atoms with Gasteiger partial charge in [0.2, 0.25) is 0 Å². The van der Waals surface area contributed by atoms with Gasteiger partial charge >= 0.3 is 7.12 Å². The van der Waals surface area contributed by atoms with E-state index in [1.165, 1.54) is 0 Å². The molecule has 0 aliphatic heterocycles. The van der Waals surface area contributed by atoms with Gasteiger partial charge in [0.15, 0.2) is 0 Å². The van der Waals surface area contributed by atoms with Crippen LogP contribution in [-0.4, -0.2) is 26.6 Å². The average Bonchev–Trinajstić information content (AvgIpc) is 3.01. The smallest absolute Gasteiger partial charge is 0.423 e. The van der Waals surface area contributed by atoms with Gasteiger partial charge in [-0.1, -0.05) is 30.1 Å². The van der Waals surface area contributed by atoms with Crippen LogP contribution in [0.1, 0.15) is 12.8 Å². The van der Waals surface area contributed by atoms with Gasteiger partial charge < -0.3 is 10.0 Å². The molecule has 0 amide bonds. The Morgan fingerprint density at radius 3 is 2.60 bits per heavy atom. The van der Waals surface area contributed by atoms with Gasteiger partial charge in [0.05, 0.1) is 0 Å². The summed E-state index contributed by atoms with van der Waals surface area (Å²) in [6.45, 7) is 0. The molecule has 1 atom stereocenters. The predicted molar refractivity (Wildman–Crippen MR) is 66.8 cm³/mol. The average molecular weight is 244 g/mol. The third kappa shape index (κ3) is 2.31. The van der Waals surface area contributed by atoms with Gasteiger partial charge in [0, 0.05) is 10.1 Å². The zero-order chi connectivity index (χ0) is 11.1. The first-order valence-electron chi connectivity index (χ1n) is 4.87. The second kappa shape index (κ2) is 3.98. The normalized spacial score (nSPS) is 17.5. The molecule has 0 spiro atoms. The van der Waals surface area contributed by atoms with Crippen LogP contribution in [0, 0.1) is 0 Å². The molecule has 3 nitrogen and oxygen atoms in total. The fourth-order valence-corrected chi connectivity index (χ4v) is 4.96. The van der Waals surface area contributed by atoms with Crippen LogP contribution in [0.15, 0.2) is 29.2 Å². The molecule has 1 unspecified atom stereocenters. The summed E-state index contributed by atoms with van der Waals surface area (Å²) in [5.41, 5.74) is 0.399. The lowest BCUT2D eigenvalue weighted by molar-refractivity contribution is 0.425. The molecule has 0 bridgehead atoms. The number of hydrogen-bond donors (Lipinski definition) is 3. The van der Waals surface area contributed by atoms with Crippen LogP contribution in [0.5, 0.6) is 0 Å². The minimum Gasteiger partial charge on any atom is -0.423 e. The van der Waals surface area contributed by atoms with Crippen molar-refractivity contribution in [2.75, 3.05) is 0 Å². The van der Waals surface area contributed by atoms with Crippen LogP contribution in [0.2, 0.25) is 0 Å². The number of rotatable bonds is 3. The van der Waals surface area contributed by atoms with Gasteiger partial charge in [-0.25, -0.2) is 0 Å². The number of thiol groups is 1. The Morgan fingerprint density at radius 2 is 2.07 bits per heavy atom. The second-order valence-corrected chi connectivity index (χ2v) is 8.88. The molecule has 2 N–H and O–H groups in total. The molecule has 0 aromatic heterocycles. The van der Waals surface area contributed by atoms with E-state index in [1.54, 1.807) is 24.3 Å². The topological polar surface area (TPSA) is 57.5 Å². The third-order valence-electron chi connectivity index (χ3n) is 2.66. The molecule has 1 aromatic carbocycles. The fraction of sp³-hybridized carbons (Fsp3) is 0.333. The van der Waals surface area contributed by atoms with Crippen molar-refractivity contribution in [1.82, 2.24) is 0 Å². The van der Waals surface area contributed by atoms with Crippen molar-refractivity contribution in [3.63, 3.8) is 0 Å². The van der Waals surface area contributed by atoms with Gasteiger partial charge in [-0.2, -0.15) is 0 Å². The lowest BCUT2D eigenvalue weighted by Gasteiger charge is -2.18. The van der Waals surface area contributed by atoms with Crippen molar-refractivity contribution < 1.29 is 14.3 Å². The van der Waals surface area contributed by atoms with Crippen LogP contribution in [0.3, 0.4) is 0 Å². The molecule has 15 heavy (non-hydrogen) atoms. The molecular weight excluding hydrogens is 230 g/mol. The van der Waals surface area contributed by atoms with Gasteiger partial charge in [-0.15, -0.1) is 0 Å². The Labute approximate surface area is 92.4 Å².